The largest absolute Gasteiger partial charge is 0.484 e. The highest BCUT2D eigenvalue weighted by atomic mass is 16.6. The summed E-state index contributed by atoms with van der Waals surface area (Å²) in [5.41, 5.74) is 1.67. The van der Waals surface area contributed by atoms with E-state index in [2.05, 4.69) is 20.8 Å². The molecule has 0 aliphatic heterocycles. The number of carbonyl (C=O) groups is 1. The van der Waals surface area contributed by atoms with Crippen LogP contribution in [0, 0.1) is 17.0 Å². The molecule has 0 spiro atoms. The molecule has 26 heavy (non-hydrogen) atoms. The van der Waals surface area contributed by atoms with Crippen LogP contribution in [0.2, 0.25) is 0 Å². The molecule has 0 atom stereocenters. The Morgan fingerprint density at radius 1 is 1.31 bits per heavy atom. The fourth-order valence-electron chi connectivity index (χ4n) is 2.19. The zero-order chi connectivity index (χ0) is 18.5. The van der Waals surface area contributed by atoms with Gasteiger partial charge >= 0.3 is 0 Å². The number of hydrogen-bond acceptors (Lipinski definition) is 7. The van der Waals surface area contributed by atoms with E-state index in [9.17, 15) is 14.9 Å². The number of amides is 1. The van der Waals surface area contributed by atoms with E-state index in [1.807, 2.05) is 0 Å². The van der Waals surface area contributed by atoms with Gasteiger partial charge in [0.05, 0.1) is 16.3 Å². The van der Waals surface area contributed by atoms with Crippen LogP contribution in [0.25, 0.3) is 5.69 Å². The number of aromatic nitrogens is 4. The monoisotopic (exact) mass is 354 g/mol. The number of nitro groups is 1. The first-order valence-electron chi connectivity index (χ1n) is 7.54. The molecule has 0 saturated carbocycles. The summed E-state index contributed by atoms with van der Waals surface area (Å²) in [4.78, 5) is 22.4. The summed E-state index contributed by atoms with van der Waals surface area (Å²) < 4.78 is 6.93. The number of non-ortho nitro benzene ring substituents is 1. The van der Waals surface area contributed by atoms with Crippen molar-refractivity contribution in [2.75, 3.05) is 11.9 Å². The van der Waals surface area contributed by atoms with Crippen molar-refractivity contribution in [1.29, 1.82) is 0 Å². The summed E-state index contributed by atoms with van der Waals surface area (Å²) in [6.07, 6.45) is 1.44. The average Bonchev–Trinajstić information content (AvgIpc) is 3.17. The maximum absolute atomic E-state index is 12.1. The number of nitro benzene ring substituents is 1. The molecule has 0 saturated heterocycles. The number of tetrazole rings is 1. The minimum absolute atomic E-state index is 0.0963. The first-order chi connectivity index (χ1) is 12.5. The van der Waals surface area contributed by atoms with Crippen molar-refractivity contribution in [3.8, 4) is 11.4 Å². The SMILES string of the molecule is Cc1ccc([N+](=O)[O-])cc1NC(=O)COc1cccc(-n2cnnn2)c1. The quantitative estimate of drug-likeness (QED) is 0.529. The molecule has 0 aliphatic rings. The molecule has 0 aliphatic carbocycles. The molecule has 1 amide bonds. The standard InChI is InChI=1S/C16H14N6O4/c1-11-5-6-13(22(24)25)8-15(11)18-16(23)9-26-14-4-2-3-12(7-14)21-10-17-19-20-21/h2-8,10H,9H2,1H3,(H,18,23). The highest BCUT2D eigenvalue weighted by Crippen LogP contribution is 2.22. The summed E-state index contributed by atoms with van der Waals surface area (Å²) in [6, 6.07) is 11.2. The fourth-order valence-corrected chi connectivity index (χ4v) is 2.19. The Bertz CT molecular complexity index is 942. The highest BCUT2D eigenvalue weighted by Gasteiger charge is 2.11. The first-order valence-corrected chi connectivity index (χ1v) is 7.54. The van der Waals surface area contributed by atoms with Crippen LogP contribution in [0.15, 0.2) is 48.8 Å². The number of anilines is 1. The molecular weight excluding hydrogens is 340 g/mol. The van der Waals surface area contributed by atoms with Crippen molar-refractivity contribution in [1.82, 2.24) is 20.2 Å². The van der Waals surface area contributed by atoms with Crippen molar-refractivity contribution >= 4 is 17.3 Å². The molecule has 1 heterocycles. The van der Waals surface area contributed by atoms with Crippen molar-refractivity contribution in [2.45, 2.75) is 6.92 Å². The van der Waals surface area contributed by atoms with E-state index >= 15 is 0 Å². The number of benzene rings is 2. The van der Waals surface area contributed by atoms with Crippen LogP contribution in [-0.4, -0.2) is 37.6 Å². The number of nitrogens with one attached hydrogen (secondary N) is 1. The molecule has 0 radical (unpaired) electrons. The highest BCUT2D eigenvalue weighted by molar-refractivity contribution is 5.93. The van der Waals surface area contributed by atoms with E-state index in [-0.39, 0.29) is 12.3 Å². The Labute approximate surface area is 147 Å². The lowest BCUT2D eigenvalue weighted by Crippen LogP contribution is -2.20. The first kappa shape index (κ1) is 17.0. The predicted molar refractivity (Wildman–Crippen MR) is 91.1 cm³/mol. The molecular formula is C16H14N6O4. The zero-order valence-corrected chi connectivity index (χ0v) is 13.7. The third-order valence-corrected chi connectivity index (χ3v) is 3.51. The van der Waals surface area contributed by atoms with Crippen LogP contribution in [0.1, 0.15) is 5.56 Å². The third-order valence-electron chi connectivity index (χ3n) is 3.51. The molecule has 0 unspecified atom stereocenters. The maximum atomic E-state index is 12.1. The van der Waals surface area contributed by atoms with Crippen molar-refractivity contribution in [2.24, 2.45) is 0 Å². The number of rotatable bonds is 6. The third kappa shape index (κ3) is 3.98. The van der Waals surface area contributed by atoms with Crippen molar-refractivity contribution in [3.05, 3.63) is 64.5 Å². The van der Waals surface area contributed by atoms with Crippen LogP contribution in [0.4, 0.5) is 11.4 Å². The summed E-state index contributed by atoms with van der Waals surface area (Å²) >= 11 is 0. The molecule has 3 rings (SSSR count). The van der Waals surface area contributed by atoms with E-state index < -0.39 is 10.8 Å². The van der Waals surface area contributed by atoms with E-state index in [0.717, 1.165) is 0 Å². The normalized spacial score (nSPS) is 10.3. The molecule has 1 N–H and O–H groups in total. The summed E-state index contributed by atoms with van der Waals surface area (Å²) in [5, 5.41) is 24.3. The fraction of sp³-hybridized carbons (Fsp3) is 0.125. The Balaban J connectivity index is 1.64. The van der Waals surface area contributed by atoms with Gasteiger partial charge in [0, 0.05) is 18.2 Å². The van der Waals surface area contributed by atoms with Crippen LogP contribution in [0.5, 0.6) is 5.75 Å². The molecule has 132 valence electrons. The minimum atomic E-state index is -0.518. The van der Waals surface area contributed by atoms with Crippen molar-refractivity contribution < 1.29 is 14.5 Å². The molecule has 1 aromatic heterocycles. The number of carbonyl (C=O) groups excluding carboxylic acids is 1. The lowest BCUT2D eigenvalue weighted by molar-refractivity contribution is -0.384. The van der Waals surface area contributed by atoms with E-state index in [0.29, 0.717) is 22.7 Å². The smallest absolute Gasteiger partial charge is 0.271 e. The van der Waals surface area contributed by atoms with E-state index in [1.54, 1.807) is 37.3 Å². The molecule has 0 fully saturated rings. The molecule has 2 aromatic carbocycles. The van der Waals surface area contributed by atoms with Crippen LogP contribution < -0.4 is 10.1 Å². The van der Waals surface area contributed by atoms with Gasteiger partial charge in [-0.3, -0.25) is 14.9 Å². The molecule has 3 aromatic rings. The van der Waals surface area contributed by atoms with Crippen LogP contribution in [0.3, 0.4) is 0 Å². The lowest BCUT2D eigenvalue weighted by atomic mass is 10.2. The second kappa shape index (κ2) is 7.38. The number of ether oxygens (including phenoxy) is 1. The summed E-state index contributed by atoms with van der Waals surface area (Å²) in [5.74, 6) is 0.0327. The van der Waals surface area contributed by atoms with Gasteiger partial charge in [-0.1, -0.05) is 12.1 Å². The Kier molecular flexibility index (Phi) is 4.83. The second-order valence-corrected chi connectivity index (χ2v) is 5.34. The van der Waals surface area contributed by atoms with Gasteiger partial charge < -0.3 is 10.1 Å². The van der Waals surface area contributed by atoms with Gasteiger partial charge in [0.2, 0.25) is 0 Å². The molecule has 10 heteroatoms. The minimum Gasteiger partial charge on any atom is -0.484 e. The maximum Gasteiger partial charge on any atom is 0.271 e. The predicted octanol–water partition coefficient (Wildman–Crippen LogP) is 1.90. The van der Waals surface area contributed by atoms with Gasteiger partial charge in [0.25, 0.3) is 11.6 Å². The number of hydrogen-bond donors (Lipinski definition) is 1. The zero-order valence-electron chi connectivity index (χ0n) is 13.7. The topological polar surface area (TPSA) is 125 Å². The lowest BCUT2D eigenvalue weighted by Gasteiger charge is -2.10. The Morgan fingerprint density at radius 2 is 2.15 bits per heavy atom. The second-order valence-electron chi connectivity index (χ2n) is 5.34. The Hall–Kier alpha value is -3.82. The number of aryl methyl sites for hydroxylation is 1. The average molecular weight is 354 g/mol. The van der Waals surface area contributed by atoms with Gasteiger partial charge in [-0.2, -0.15) is 0 Å². The molecule has 0 bridgehead atoms. The van der Waals surface area contributed by atoms with Gasteiger partial charge in [-0.15, -0.1) is 5.10 Å². The van der Waals surface area contributed by atoms with Gasteiger partial charge in [-0.25, -0.2) is 4.68 Å². The Morgan fingerprint density at radius 3 is 2.88 bits per heavy atom. The summed E-state index contributed by atoms with van der Waals surface area (Å²) in [6.45, 7) is 1.50. The molecule has 10 nitrogen and oxygen atoms in total. The number of nitrogens with zero attached hydrogens (tertiary/aromatic N) is 5. The van der Waals surface area contributed by atoms with E-state index in [4.69, 9.17) is 4.74 Å². The van der Waals surface area contributed by atoms with Crippen LogP contribution in [-0.2, 0) is 4.79 Å². The van der Waals surface area contributed by atoms with Gasteiger partial charge in [-0.05, 0) is 35.0 Å². The van der Waals surface area contributed by atoms with E-state index in [1.165, 1.54) is 23.1 Å². The van der Waals surface area contributed by atoms with Crippen LogP contribution >= 0.6 is 0 Å². The summed E-state index contributed by atoms with van der Waals surface area (Å²) in [7, 11) is 0. The van der Waals surface area contributed by atoms with Gasteiger partial charge in [0.1, 0.15) is 12.1 Å². The van der Waals surface area contributed by atoms with Crippen molar-refractivity contribution in [3.63, 3.8) is 0 Å². The van der Waals surface area contributed by atoms with Gasteiger partial charge in [0.15, 0.2) is 6.61 Å².